The summed E-state index contributed by atoms with van der Waals surface area (Å²) in [6, 6.07) is 3.43. The van der Waals surface area contributed by atoms with E-state index in [4.69, 9.17) is 24.4 Å². The molecule has 1 aromatic carbocycles. The van der Waals surface area contributed by atoms with Gasteiger partial charge >= 0.3 is 0 Å². The molecular weight excluding hydrogens is 322 g/mol. The zero-order chi connectivity index (χ0) is 16.8. The van der Waals surface area contributed by atoms with Gasteiger partial charge in [0.25, 0.3) is 5.22 Å². The Bertz CT molecular complexity index is 664. The first-order valence-corrected chi connectivity index (χ1v) is 7.62. The first kappa shape index (κ1) is 16.9. The Morgan fingerprint density at radius 1 is 1.17 bits per heavy atom. The van der Waals surface area contributed by atoms with Crippen LogP contribution in [0.1, 0.15) is 6.42 Å². The molecule has 9 heteroatoms. The van der Waals surface area contributed by atoms with E-state index < -0.39 is 0 Å². The van der Waals surface area contributed by atoms with Crippen LogP contribution in [0.4, 0.5) is 0 Å². The van der Waals surface area contributed by atoms with E-state index in [1.54, 1.807) is 12.1 Å². The fraction of sp³-hybridized carbons (Fsp3) is 0.357. The summed E-state index contributed by atoms with van der Waals surface area (Å²) in [5.74, 6) is 1.87. The summed E-state index contributed by atoms with van der Waals surface area (Å²) < 4.78 is 21.4. The molecular formula is C14H17N3O5S. The first-order chi connectivity index (χ1) is 11.1. The van der Waals surface area contributed by atoms with Crippen LogP contribution >= 0.6 is 11.8 Å². The van der Waals surface area contributed by atoms with Crippen LogP contribution in [0.2, 0.25) is 0 Å². The topological polar surface area (TPSA) is 110 Å². The SMILES string of the molecule is COc1cc(-c2nnc(SCCC(N)=O)o2)cc(OC)c1OC. The van der Waals surface area contributed by atoms with Gasteiger partial charge in [0, 0.05) is 17.7 Å². The van der Waals surface area contributed by atoms with E-state index in [1.807, 2.05) is 0 Å². The second-order valence-corrected chi connectivity index (χ2v) is 5.40. The number of aromatic nitrogens is 2. The van der Waals surface area contributed by atoms with E-state index >= 15 is 0 Å². The molecule has 0 aliphatic rings. The van der Waals surface area contributed by atoms with E-state index in [-0.39, 0.29) is 12.3 Å². The first-order valence-electron chi connectivity index (χ1n) is 6.64. The molecule has 124 valence electrons. The number of nitrogens with zero attached hydrogens (tertiary/aromatic N) is 2. The molecule has 0 unspecified atom stereocenters. The molecule has 0 radical (unpaired) electrons. The molecule has 2 aromatic rings. The predicted molar refractivity (Wildman–Crippen MR) is 83.9 cm³/mol. The minimum atomic E-state index is -0.373. The minimum Gasteiger partial charge on any atom is -0.493 e. The maximum absolute atomic E-state index is 10.7. The lowest BCUT2D eigenvalue weighted by Crippen LogP contribution is -2.10. The average Bonchev–Trinajstić information content (AvgIpc) is 3.01. The lowest BCUT2D eigenvalue weighted by molar-refractivity contribution is -0.117. The molecule has 0 aliphatic carbocycles. The molecule has 2 N–H and O–H groups in total. The monoisotopic (exact) mass is 339 g/mol. The van der Waals surface area contributed by atoms with Gasteiger partial charge in [0.2, 0.25) is 17.5 Å². The summed E-state index contributed by atoms with van der Waals surface area (Å²) >= 11 is 1.26. The lowest BCUT2D eigenvalue weighted by atomic mass is 10.2. The fourth-order valence-electron chi connectivity index (χ4n) is 1.83. The van der Waals surface area contributed by atoms with E-state index in [2.05, 4.69) is 10.2 Å². The summed E-state index contributed by atoms with van der Waals surface area (Å²) in [4.78, 5) is 10.7. The van der Waals surface area contributed by atoms with E-state index in [0.29, 0.717) is 39.7 Å². The average molecular weight is 339 g/mol. The van der Waals surface area contributed by atoms with Crippen LogP contribution in [-0.2, 0) is 4.79 Å². The molecule has 1 amide bonds. The number of benzene rings is 1. The number of primary amides is 1. The zero-order valence-electron chi connectivity index (χ0n) is 13.0. The van der Waals surface area contributed by atoms with Gasteiger partial charge in [-0.25, -0.2) is 0 Å². The highest BCUT2D eigenvalue weighted by atomic mass is 32.2. The molecule has 1 heterocycles. The third-order valence-electron chi connectivity index (χ3n) is 2.89. The van der Waals surface area contributed by atoms with Crippen molar-refractivity contribution in [2.45, 2.75) is 11.6 Å². The van der Waals surface area contributed by atoms with Gasteiger partial charge in [0.15, 0.2) is 11.5 Å². The number of amides is 1. The van der Waals surface area contributed by atoms with Gasteiger partial charge in [-0.1, -0.05) is 11.8 Å². The number of hydrogen-bond acceptors (Lipinski definition) is 8. The maximum Gasteiger partial charge on any atom is 0.276 e. The third-order valence-corrected chi connectivity index (χ3v) is 3.71. The van der Waals surface area contributed by atoms with Crippen molar-refractivity contribution in [2.24, 2.45) is 5.73 Å². The zero-order valence-corrected chi connectivity index (χ0v) is 13.8. The quantitative estimate of drug-likeness (QED) is 0.724. The van der Waals surface area contributed by atoms with Gasteiger partial charge in [-0.15, -0.1) is 10.2 Å². The molecule has 0 saturated carbocycles. The van der Waals surface area contributed by atoms with Gasteiger partial charge in [0.05, 0.1) is 21.3 Å². The second kappa shape index (κ2) is 7.73. The highest BCUT2D eigenvalue weighted by Gasteiger charge is 2.17. The Morgan fingerprint density at radius 2 is 1.83 bits per heavy atom. The van der Waals surface area contributed by atoms with Gasteiger partial charge in [-0.2, -0.15) is 0 Å². The number of hydrogen-bond donors (Lipinski definition) is 1. The number of thioether (sulfide) groups is 1. The Morgan fingerprint density at radius 3 is 2.35 bits per heavy atom. The summed E-state index contributed by atoms with van der Waals surface area (Å²) in [6.45, 7) is 0. The van der Waals surface area contributed by atoms with Crippen molar-refractivity contribution in [3.05, 3.63) is 12.1 Å². The van der Waals surface area contributed by atoms with Crippen LogP contribution in [0.5, 0.6) is 17.2 Å². The Balaban J connectivity index is 2.24. The van der Waals surface area contributed by atoms with Crippen LogP contribution in [0, 0.1) is 0 Å². The van der Waals surface area contributed by atoms with Crippen molar-refractivity contribution in [3.63, 3.8) is 0 Å². The van der Waals surface area contributed by atoms with Crippen LogP contribution in [0.25, 0.3) is 11.5 Å². The van der Waals surface area contributed by atoms with Crippen molar-refractivity contribution in [1.82, 2.24) is 10.2 Å². The Hall–Kier alpha value is -2.42. The van der Waals surface area contributed by atoms with Crippen molar-refractivity contribution in [2.75, 3.05) is 27.1 Å². The normalized spacial score (nSPS) is 10.4. The van der Waals surface area contributed by atoms with Gasteiger partial charge in [-0.05, 0) is 12.1 Å². The van der Waals surface area contributed by atoms with E-state index in [1.165, 1.54) is 33.1 Å². The summed E-state index contributed by atoms with van der Waals surface area (Å²) in [7, 11) is 4.58. The Kier molecular flexibility index (Phi) is 5.69. The van der Waals surface area contributed by atoms with Gasteiger partial charge < -0.3 is 24.4 Å². The number of carbonyl (C=O) groups excluding carboxylic acids is 1. The second-order valence-electron chi connectivity index (χ2n) is 4.35. The molecule has 23 heavy (non-hydrogen) atoms. The number of rotatable bonds is 8. The molecule has 1 aromatic heterocycles. The summed E-state index contributed by atoms with van der Waals surface area (Å²) in [5.41, 5.74) is 5.72. The van der Waals surface area contributed by atoms with E-state index in [0.717, 1.165) is 0 Å². The van der Waals surface area contributed by atoms with Crippen LogP contribution in [-0.4, -0.2) is 43.2 Å². The minimum absolute atomic E-state index is 0.243. The number of carbonyl (C=O) groups is 1. The molecule has 0 aliphatic heterocycles. The Labute approximate surface area is 137 Å². The fourth-order valence-corrected chi connectivity index (χ4v) is 2.54. The van der Waals surface area contributed by atoms with Gasteiger partial charge in [0.1, 0.15) is 0 Å². The molecule has 0 bridgehead atoms. The highest BCUT2D eigenvalue weighted by molar-refractivity contribution is 7.99. The van der Waals surface area contributed by atoms with Crippen LogP contribution in [0.15, 0.2) is 21.8 Å². The largest absolute Gasteiger partial charge is 0.493 e. The maximum atomic E-state index is 10.7. The van der Waals surface area contributed by atoms with Crippen LogP contribution < -0.4 is 19.9 Å². The predicted octanol–water partition coefficient (Wildman–Crippen LogP) is 1.73. The van der Waals surface area contributed by atoms with Crippen molar-refractivity contribution >= 4 is 17.7 Å². The van der Waals surface area contributed by atoms with Gasteiger partial charge in [-0.3, -0.25) is 4.79 Å². The molecule has 8 nitrogen and oxygen atoms in total. The highest BCUT2D eigenvalue weighted by Crippen LogP contribution is 2.41. The van der Waals surface area contributed by atoms with Crippen LogP contribution in [0.3, 0.4) is 0 Å². The van der Waals surface area contributed by atoms with E-state index in [9.17, 15) is 4.79 Å². The smallest absolute Gasteiger partial charge is 0.276 e. The summed E-state index contributed by atoms with van der Waals surface area (Å²) in [5, 5.41) is 8.27. The number of ether oxygens (including phenoxy) is 3. The van der Waals surface area contributed by atoms with Crippen molar-refractivity contribution in [3.8, 4) is 28.7 Å². The molecule has 0 fully saturated rings. The third kappa shape index (κ3) is 4.07. The van der Waals surface area contributed by atoms with Crippen molar-refractivity contribution in [1.29, 1.82) is 0 Å². The molecule has 0 saturated heterocycles. The summed E-state index contributed by atoms with van der Waals surface area (Å²) in [6.07, 6.45) is 0.243. The molecule has 0 spiro atoms. The molecule has 2 rings (SSSR count). The molecule has 0 atom stereocenters. The number of nitrogens with two attached hydrogens (primary N) is 1. The standard InChI is InChI=1S/C14H17N3O5S/c1-19-9-6-8(7-10(20-2)12(9)21-3)13-16-17-14(22-13)23-5-4-11(15)18/h6-7H,4-5H2,1-3H3,(H2,15,18). The van der Waals surface area contributed by atoms with Crippen molar-refractivity contribution < 1.29 is 23.4 Å². The lowest BCUT2D eigenvalue weighted by Gasteiger charge is -2.12. The number of methoxy groups -OCH3 is 3.